The van der Waals surface area contributed by atoms with Crippen LogP contribution in [0.25, 0.3) is 18.2 Å². The molecule has 22 heavy (non-hydrogen) atoms. The number of hydrogen-bond donors (Lipinski definition) is 1. The molecule has 0 aliphatic carbocycles. The van der Waals surface area contributed by atoms with E-state index in [9.17, 15) is 9.59 Å². The quantitative estimate of drug-likeness (QED) is 0.671. The third-order valence-electron chi connectivity index (χ3n) is 2.48. The van der Waals surface area contributed by atoms with Crippen LogP contribution >= 0.6 is 22.7 Å². The first kappa shape index (κ1) is 16.1. The fraction of sp³-hybridized carbons (Fsp3) is 0.133. The average Bonchev–Trinajstić information content (AvgIpc) is 3.11. The molecule has 114 valence electrons. The molecule has 0 atom stereocenters. The maximum atomic E-state index is 11.0. The summed E-state index contributed by atoms with van der Waals surface area (Å²) in [5.74, 6) is -0.511. The van der Waals surface area contributed by atoms with Crippen LogP contribution in [0.5, 0.6) is 0 Å². The van der Waals surface area contributed by atoms with E-state index in [0.717, 1.165) is 16.1 Å². The number of amides is 1. The van der Waals surface area contributed by atoms with Gasteiger partial charge < -0.3 is 10.1 Å². The molecule has 0 aliphatic rings. The monoisotopic (exact) mass is 334 g/mol. The van der Waals surface area contributed by atoms with Gasteiger partial charge in [0.15, 0.2) is 5.13 Å². The lowest BCUT2D eigenvalue weighted by molar-refractivity contribution is -0.134. The molecule has 2 aromatic heterocycles. The van der Waals surface area contributed by atoms with Crippen molar-refractivity contribution >= 4 is 57.9 Å². The second kappa shape index (κ2) is 7.67. The lowest BCUT2D eigenvalue weighted by Gasteiger charge is -1.92. The number of carbonyl (C=O) groups excluding carboxylic acids is 2. The third-order valence-corrected chi connectivity index (χ3v) is 4.17. The van der Waals surface area contributed by atoms with Gasteiger partial charge >= 0.3 is 5.97 Å². The lowest BCUT2D eigenvalue weighted by Crippen LogP contribution is -2.04. The van der Waals surface area contributed by atoms with Crippen LogP contribution in [0.15, 0.2) is 22.9 Å². The van der Waals surface area contributed by atoms with Crippen LogP contribution in [0.2, 0.25) is 0 Å². The number of methoxy groups -OCH3 is 1. The average molecular weight is 334 g/mol. The molecule has 0 bridgehead atoms. The number of thiazole rings is 1. The van der Waals surface area contributed by atoms with Gasteiger partial charge in [-0.15, -0.1) is 22.7 Å². The van der Waals surface area contributed by atoms with E-state index in [1.807, 2.05) is 29.0 Å². The van der Waals surface area contributed by atoms with Crippen molar-refractivity contribution in [1.82, 2.24) is 4.98 Å². The first-order valence-corrected chi connectivity index (χ1v) is 8.08. The van der Waals surface area contributed by atoms with Gasteiger partial charge in [0.05, 0.1) is 12.8 Å². The summed E-state index contributed by atoms with van der Waals surface area (Å²) < 4.78 is 4.54. The van der Waals surface area contributed by atoms with Gasteiger partial charge in [0.25, 0.3) is 0 Å². The summed E-state index contributed by atoms with van der Waals surface area (Å²) in [4.78, 5) is 27.2. The Kier molecular flexibility index (Phi) is 5.62. The minimum Gasteiger partial charge on any atom is -0.466 e. The number of ether oxygens (including phenoxy) is 1. The Morgan fingerprint density at radius 1 is 1.23 bits per heavy atom. The highest BCUT2D eigenvalue weighted by Crippen LogP contribution is 2.20. The number of aromatic nitrogens is 1. The second-order valence-electron chi connectivity index (χ2n) is 4.23. The van der Waals surface area contributed by atoms with Crippen LogP contribution in [0.1, 0.15) is 23.1 Å². The normalized spacial score (nSPS) is 11.2. The molecule has 1 N–H and O–H groups in total. The Morgan fingerprint density at radius 2 is 2.05 bits per heavy atom. The highest BCUT2D eigenvalue weighted by molar-refractivity contribution is 7.14. The smallest absolute Gasteiger partial charge is 0.330 e. The topological polar surface area (TPSA) is 68.3 Å². The van der Waals surface area contributed by atoms with Gasteiger partial charge in [-0.25, -0.2) is 9.78 Å². The predicted molar refractivity (Wildman–Crippen MR) is 90.7 cm³/mol. The van der Waals surface area contributed by atoms with E-state index < -0.39 is 0 Å². The van der Waals surface area contributed by atoms with Crippen LogP contribution < -0.4 is 5.32 Å². The molecule has 7 heteroatoms. The number of carbonyl (C=O) groups is 2. The standard InChI is InChI=1S/C15H14N2O3S2/c1-10(18)16-15-17-12(9-22-15)4-3-11-7-13(21-8-11)5-6-14(19)20-2/h3-9H,1-2H3,(H,16,17,18)/b4-3?,6-5+. The molecule has 0 unspecified atom stereocenters. The Labute approximate surface area is 136 Å². The fourth-order valence-electron chi connectivity index (χ4n) is 1.51. The van der Waals surface area contributed by atoms with Crippen molar-refractivity contribution in [3.63, 3.8) is 0 Å². The molecule has 2 rings (SSSR count). The molecule has 2 heterocycles. The van der Waals surface area contributed by atoms with Gasteiger partial charge in [0, 0.05) is 23.3 Å². The third kappa shape index (κ3) is 4.94. The molecular formula is C15H14N2O3S2. The van der Waals surface area contributed by atoms with E-state index in [0.29, 0.717) is 5.13 Å². The van der Waals surface area contributed by atoms with Crippen molar-refractivity contribution in [2.45, 2.75) is 6.92 Å². The Balaban J connectivity index is 2.00. The van der Waals surface area contributed by atoms with Crippen LogP contribution in [-0.4, -0.2) is 24.0 Å². The number of hydrogen-bond acceptors (Lipinski definition) is 6. The molecule has 0 saturated carbocycles. The lowest BCUT2D eigenvalue weighted by atomic mass is 10.2. The summed E-state index contributed by atoms with van der Waals surface area (Å²) in [6.07, 6.45) is 6.90. The Morgan fingerprint density at radius 3 is 2.77 bits per heavy atom. The van der Waals surface area contributed by atoms with Crippen molar-refractivity contribution in [3.05, 3.63) is 39.0 Å². The van der Waals surface area contributed by atoms with Gasteiger partial charge in [-0.2, -0.15) is 0 Å². The first-order valence-electron chi connectivity index (χ1n) is 6.32. The van der Waals surface area contributed by atoms with Gasteiger partial charge in [0.1, 0.15) is 0 Å². The maximum absolute atomic E-state index is 11.0. The molecule has 1 amide bonds. The summed E-state index contributed by atoms with van der Waals surface area (Å²) in [5.41, 5.74) is 1.80. The van der Waals surface area contributed by atoms with E-state index >= 15 is 0 Å². The molecule has 0 spiro atoms. The van der Waals surface area contributed by atoms with Crippen LogP contribution in [0.3, 0.4) is 0 Å². The molecule has 0 fully saturated rings. The minimum absolute atomic E-state index is 0.134. The van der Waals surface area contributed by atoms with Gasteiger partial charge in [-0.3, -0.25) is 4.79 Å². The molecule has 0 aromatic carbocycles. The Bertz CT molecular complexity index is 729. The summed E-state index contributed by atoms with van der Waals surface area (Å²) in [6, 6.07) is 1.96. The predicted octanol–water partition coefficient (Wildman–Crippen LogP) is 3.52. The van der Waals surface area contributed by atoms with Crippen LogP contribution in [0.4, 0.5) is 5.13 Å². The molecule has 5 nitrogen and oxygen atoms in total. The minimum atomic E-state index is -0.376. The van der Waals surface area contributed by atoms with E-state index in [2.05, 4.69) is 15.0 Å². The highest BCUT2D eigenvalue weighted by Gasteiger charge is 2.01. The number of rotatable bonds is 5. The summed E-state index contributed by atoms with van der Waals surface area (Å²) in [5, 5.41) is 7.07. The van der Waals surface area contributed by atoms with E-state index in [1.165, 1.54) is 42.8 Å². The maximum Gasteiger partial charge on any atom is 0.330 e. The summed E-state index contributed by atoms with van der Waals surface area (Å²) in [7, 11) is 1.35. The van der Waals surface area contributed by atoms with Gasteiger partial charge in [-0.1, -0.05) is 6.08 Å². The van der Waals surface area contributed by atoms with E-state index in [-0.39, 0.29) is 11.9 Å². The van der Waals surface area contributed by atoms with Crippen LogP contribution in [-0.2, 0) is 14.3 Å². The molecule has 0 radical (unpaired) electrons. The molecule has 2 aromatic rings. The molecule has 0 aliphatic heterocycles. The number of anilines is 1. The number of thiophene rings is 1. The summed E-state index contributed by atoms with van der Waals surface area (Å²) in [6.45, 7) is 1.45. The first-order chi connectivity index (χ1) is 10.6. The Hall–Kier alpha value is -2.25. The number of esters is 1. The van der Waals surface area contributed by atoms with Crippen molar-refractivity contribution < 1.29 is 14.3 Å². The van der Waals surface area contributed by atoms with Crippen molar-refractivity contribution in [3.8, 4) is 0 Å². The zero-order chi connectivity index (χ0) is 15.9. The fourth-order valence-corrected chi connectivity index (χ4v) is 3.01. The van der Waals surface area contributed by atoms with Crippen LogP contribution in [0, 0.1) is 0 Å². The SMILES string of the molecule is COC(=O)/C=C/c1cc(C=Cc2csc(NC(C)=O)n2)cs1. The largest absolute Gasteiger partial charge is 0.466 e. The number of nitrogens with one attached hydrogen (secondary N) is 1. The van der Waals surface area contributed by atoms with Crippen molar-refractivity contribution in [1.29, 1.82) is 0 Å². The highest BCUT2D eigenvalue weighted by atomic mass is 32.1. The van der Waals surface area contributed by atoms with Crippen molar-refractivity contribution in [2.24, 2.45) is 0 Å². The van der Waals surface area contributed by atoms with E-state index in [4.69, 9.17) is 0 Å². The molecular weight excluding hydrogens is 320 g/mol. The zero-order valence-corrected chi connectivity index (χ0v) is 13.7. The van der Waals surface area contributed by atoms with Crippen molar-refractivity contribution in [2.75, 3.05) is 12.4 Å². The second-order valence-corrected chi connectivity index (χ2v) is 6.03. The number of nitrogens with zero attached hydrogens (tertiary/aromatic N) is 1. The zero-order valence-electron chi connectivity index (χ0n) is 12.0. The summed E-state index contributed by atoms with van der Waals surface area (Å²) >= 11 is 2.91. The van der Waals surface area contributed by atoms with Gasteiger partial charge in [-0.05, 0) is 29.2 Å². The van der Waals surface area contributed by atoms with E-state index in [1.54, 1.807) is 6.08 Å². The molecule has 0 saturated heterocycles. The van der Waals surface area contributed by atoms with Gasteiger partial charge in [0.2, 0.25) is 5.91 Å².